The minimum atomic E-state index is -4.43. The Bertz CT molecular complexity index is 341. The molecule has 16 heavy (non-hydrogen) atoms. The molecule has 1 aliphatic heterocycles. The van der Waals surface area contributed by atoms with Gasteiger partial charge in [-0.1, -0.05) is 0 Å². The van der Waals surface area contributed by atoms with Gasteiger partial charge >= 0.3 is 6.18 Å². The van der Waals surface area contributed by atoms with E-state index in [-0.39, 0.29) is 13.1 Å². The Morgan fingerprint density at radius 3 is 2.38 bits per heavy atom. The molecule has 0 amide bonds. The average molecular weight is 261 g/mol. The molecule has 1 saturated heterocycles. The molecule has 1 N–H and O–H groups in total. The van der Waals surface area contributed by atoms with Crippen LogP contribution >= 0.6 is 0 Å². The van der Waals surface area contributed by atoms with E-state index in [2.05, 4.69) is 5.32 Å². The van der Waals surface area contributed by atoms with Gasteiger partial charge in [0, 0.05) is 33.7 Å². The van der Waals surface area contributed by atoms with Gasteiger partial charge in [-0.05, 0) is 0 Å². The zero-order chi connectivity index (χ0) is 12.6. The van der Waals surface area contributed by atoms with Gasteiger partial charge in [0.1, 0.15) is 6.04 Å². The highest BCUT2D eigenvalue weighted by Gasteiger charge is 2.44. The van der Waals surface area contributed by atoms with Crippen LogP contribution in [0, 0.1) is 0 Å². The number of piperazine rings is 1. The van der Waals surface area contributed by atoms with E-state index < -0.39 is 29.0 Å². The molecule has 0 aliphatic carbocycles. The second-order valence-corrected chi connectivity index (χ2v) is 5.84. The van der Waals surface area contributed by atoms with Crippen molar-refractivity contribution in [2.24, 2.45) is 0 Å². The number of nitrogens with zero attached hydrogens (tertiary/aromatic N) is 2. The van der Waals surface area contributed by atoms with E-state index in [9.17, 15) is 21.6 Å². The van der Waals surface area contributed by atoms with Crippen molar-refractivity contribution < 1.29 is 21.6 Å². The molecule has 1 aliphatic rings. The van der Waals surface area contributed by atoms with Crippen LogP contribution in [0.4, 0.5) is 13.2 Å². The summed E-state index contributed by atoms with van der Waals surface area (Å²) in [6.45, 7) is -0.533. The first-order valence-corrected chi connectivity index (χ1v) is 6.03. The molecule has 0 radical (unpaired) electrons. The van der Waals surface area contributed by atoms with Crippen molar-refractivity contribution >= 4 is 10.2 Å². The first-order chi connectivity index (χ1) is 7.15. The first kappa shape index (κ1) is 13.7. The van der Waals surface area contributed by atoms with Crippen LogP contribution in [-0.4, -0.2) is 63.0 Å². The number of hydrogen-bond acceptors (Lipinski definition) is 3. The Balaban J connectivity index is 2.79. The molecule has 1 heterocycles. The van der Waals surface area contributed by atoms with Gasteiger partial charge in [-0.3, -0.25) is 0 Å². The van der Waals surface area contributed by atoms with Gasteiger partial charge in [-0.2, -0.15) is 30.2 Å². The third-order valence-corrected chi connectivity index (χ3v) is 4.23. The van der Waals surface area contributed by atoms with Crippen LogP contribution in [0.3, 0.4) is 0 Å². The number of nitrogens with one attached hydrogen (secondary N) is 1. The Morgan fingerprint density at radius 1 is 1.38 bits per heavy atom. The van der Waals surface area contributed by atoms with Gasteiger partial charge < -0.3 is 5.32 Å². The van der Waals surface area contributed by atoms with Crippen molar-refractivity contribution in [3.05, 3.63) is 0 Å². The maximum atomic E-state index is 12.4. The smallest absolute Gasteiger partial charge is 0.304 e. The molecule has 1 atom stereocenters. The molecular formula is C7H14F3N3O2S. The summed E-state index contributed by atoms with van der Waals surface area (Å²) in [4.78, 5) is 0. The zero-order valence-electron chi connectivity index (χ0n) is 8.95. The Morgan fingerprint density at radius 2 is 1.94 bits per heavy atom. The lowest BCUT2D eigenvalue weighted by atomic mass is 10.2. The summed E-state index contributed by atoms with van der Waals surface area (Å²) in [6.07, 6.45) is -4.43. The van der Waals surface area contributed by atoms with Crippen LogP contribution in [-0.2, 0) is 10.2 Å². The number of hydrogen-bond donors (Lipinski definition) is 1. The minimum absolute atomic E-state index is 0.00273. The summed E-state index contributed by atoms with van der Waals surface area (Å²) in [6, 6.07) is -1.80. The van der Waals surface area contributed by atoms with Gasteiger partial charge in [-0.25, -0.2) is 0 Å². The molecule has 1 unspecified atom stereocenters. The maximum Gasteiger partial charge on any atom is 0.405 e. The molecule has 0 aromatic heterocycles. The Labute approximate surface area is 92.4 Å². The molecule has 0 bridgehead atoms. The molecule has 0 saturated carbocycles. The highest BCUT2D eigenvalue weighted by molar-refractivity contribution is 7.86. The molecule has 1 rings (SSSR count). The van der Waals surface area contributed by atoms with Crippen LogP contribution < -0.4 is 5.32 Å². The molecule has 9 heteroatoms. The fraction of sp³-hybridized carbons (Fsp3) is 1.00. The summed E-state index contributed by atoms with van der Waals surface area (Å²) in [5.41, 5.74) is 0. The highest BCUT2D eigenvalue weighted by atomic mass is 32.2. The lowest BCUT2D eigenvalue weighted by Crippen LogP contribution is -2.59. The Hall–Kier alpha value is -0.380. The predicted octanol–water partition coefficient (Wildman–Crippen LogP) is -0.371. The number of rotatable bonds is 2. The normalized spacial score (nSPS) is 25.0. The molecular weight excluding hydrogens is 247 g/mol. The third-order valence-electron chi connectivity index (χ3n) is 2.32. The fourth-order valence-corrected chi connectivity index (χ4v) is 2.50. The number of halogens is 3. The summed E-state index contributed by atoms with van der Waals surface area (Å²) < 4.78 is 62.2. The quantitative estimate of drug-likeness (QED) is 0.738. The zero-order valence-corrected chi connectivity index (χ0v) is 9.77. The van der Waals surface area contributed by atoms with Crippen LogP contribution in [0.15, 0.2) is 0 Å². The predicted molar refractivity (Wildman–Crippen MR) is 52.0 cm³/mol. The van der Waals surface area contributed by atoms with Gasteiger partial charge in [0.25, 0.3) is 10.2 Å². The standard InChI is InChI=1S/C7H14F3N3O2S/c1-12(2)16(14,15)13-4-3-11-6(5-13)7(8,9)10/h6,11H,3-5H2,1-2H3. The van der Waals surface area contributed by atoms with E-state index >= 15 is 0 Å². The maximum absolute atomic E-state index is 12.4. The number of alkyl halides is 3. The van der Waals surface area contributed by atoms with Crippen LogP contribution in [0.5, 0.6) is 0 Å². The lowest BCUT2D eigenvalue weighted by molar-refractivity contribution is -0.161. The van der Waals surface area contributed by atoms with Crippen molar-refractivity contribution in [3.63, 3.8) is 0 Å². The summed E-state index contributed by atoms with van der Waals surface area (Å²) in [7, 11) is -1.18. The minimum Gasteiger partial charge on any atom is -0.304 e. The highest BCUT2D eigenvalue weighted by Crippen LogP contribution is 2.23. The molecule has 0 aromatic carbocycles. The van der Waals surface area contributed by atoms with E-state index in [1.165, 1.54) is 14.1 Å². The molecule has 0 spiro atoms. The molecule has 5 nitrogen and oxygen atoms in total. The molecule has 96 valence electrons. The third kappa shape index (κ3) is 2.84. The summed E-state index contributed by atoms with van der Waals surface area (Å²) in [5.74, 6) is 0. The largest absolute Gasteiger partial charge is 0.405 e. The van der Waals surface area contributed by atoms with Crippen molar-refractivity contribution in [2.75, 3.05) is 33.7 Å². The molecule has 0 aromatic rings. The van der Waals surface area contributed by atoms with Crippen molar-refractivity contribution in [1.29, 1.82) is 0 Å². The van der Waals surface area contributed by atoms with Gasteiger partial charge in [-0.15, -0.1) is 0 Å². The van der Waals surface area contributed by atoms with Gasteiger partial charge in [0.05, 0.1) is 0 Å². The molecule has 1 fully saturated rings. The van der Waals surface area contributed by atoms with Gasteiger partial charge in [0.2, 0.25) is 0 Å². The van der Waals surface area contributed by atoms with Crippen molar-refractivity contribution in [3.8, 4) is 0 Å². The fourth-order valence-electron chi connectivity index (χ4n) is 1.38. The van der Waals surface area contributed by atoms with Gasteiger partial charge in [0.15, 0.2) is 0 Å². The summed E-state index contributed by atoms with van der Waals surface area (Å²) in [5, 5.41) is 2.25. The van der Waals surface area contributed by atoms with Crippen LogP contribution in [0.1, 0.15) is 0 Å². The first-order valence-electron chi connectivity index (χ1n) is 4.63. The second kappa shape index (κ2) is 4.47. The van der Waals surface area contributed by atoms with Crippen LogP contribution in [0.25, 0.3) is 0 Å². The SMILES string of the molecule is CN(C)S(=O)(=O)N1CCNC(C(F)(F)F)C1. The average Bonchev–Trinajstić information content (AvgIpc) is 2.16. The topological polar surface area (TPSA) is 52.7 Å². The summed E-state index contributed by atoms with van der Waals surface area (Å²) >= 11 is 0. The Kier molecular flexibility index (Phi) is 3.83. The monoisotopic (exact) mass is 261 g/mol. The van der Waals surface area contributed by atoms with E-state index in [1.807, 2.05) is 0 Å². The van der Waals surface area contributed by atoms with Crippen molar-refractivity contribution in [2.45, 2.75) is 12.2 Å². The van der Waals surface area contributed by atoms with E-state index in [1.54, 1.807) is 0 Å². The van der Waals surface area contributed by atoms with E-state index in [0.29, 0.717) is 0 Å². The van der Waals surface area contributed by atoms with Crippen LogP contribution in [0.2, 0.25) is 0 Å². The second-order valence-electron chi connectivity index (χ2n) is 3.70. The van der Waals surface area contributed by atoms with Crippen molar-refractivity contribution in [1.82, 2.24) is 13.9 Å². The van der Waals surface area contributed by atoms with E-state index in [0.717, 1.165) is 8.61 Å². The van der Waals surface area contributed by atoms with E-state index in [4.69, 9.17) is 0 Å². The lowest BCUT2D eigenvalue weighted by Gasteiger charge is -2.34.